The molecule has 12 heavy (non-hydrogen) atoms. The fourth-order valence-corrected chi connectivity index (χ4v) is 1.06. The summed E-state index contributed by atoms with van der Waals surface area (Å²) < 4.78 is 5.03. The van der Waals surface area contributed by atoms with Crippen LogP contribution in [0.4, 0.5) is 0 Å². The molecule has 0 bridgehead atoms. The molecule has 0 saturated heterocycles. The quantitative estimate of drug-likeness (QED) is 0.501. The predicted molar refractivity (Wildman–Crippen MR) is 47.6 cm³/mol. The topological polar surface area (TPSA) is 29.5 Å². The van der Waals surface area contributed by atoms with Crippen molar-refractivity contribution in [2.24, 2.45) is 5.92 Å². The zero-order valence-corrected chi connectivity index (χ0v) is 7.03. The first-order valence-electron chi connectivity index (χ1n) is 3.84. The van der Waals surface area contributed by atoms with E-state index >= 15 is 0 Å². The third kappa shape index (κ3) is 2.33. The van der Waals surface area contributed by atoms with Crippen LogP contribution in [0.5, 0.6) is 0 Å². The minimum Gasteiger partial charge on any atom is -0.507 e. The Labute approximate surface area is 72.2 Å². The Hall–Kier alpha value is -1.40. The zero-order valence-electron chi connectivity index (χ0n) is 7.03. The first-order chi connectivity index (χ1) is 5.86. The lowest BCUT2D eigenvalue weighted by atomic mass is 10.0. The summed E-state index contributed by atoms with van der Waals surface area (Å²) in [6.07, 6.45) is 9.60. The number of allylic oxidation sites excluding steroid dienone is 4. The fourth-order valence-electron chi connectivity index (χ4n) is 1.06. The largest absolute Gasteiger partial charge is 0.507 e. The van der Waals surface area contributed by atoms with Gasteiger partial charge in [-0.15, -0.1) is 0 Å². The minimum atomic E-state index is 0.326. The van der Waals surface area contributed by atoms with Crippen LogP contribution >= 0.6 is 0 Å². The molecule has 1 aliphatic rings. The summed E-state index contributed by atoms with van der Waals surface area (Å²) in [6.45, 7) is 0. The zero-order chi connectivity index (χ0) is 8.81. The number of rotatable bonds is 2. The SMILES string of the molecule is COC1=CCC(C=C=CO)C=C1. The van der Waals surface area contributed by atoms with E-state index in [0.717, 1.165) is 18.4 Å². The number of aliphatic hydroxyl groups excluding tert-OH is 1. The summed E-state index contributed by atoms with van der Waals surface area (Å²) in [5.41, 5.74) is 2.64. The van der Waals surface area contributed by atoms with Gasteiger partial charge in [-0.25, -0.2) is 0 Å². The van der Waals surface area contributed by atoms with Crippen LogP contribution in [-0.2, 0) is 4.74 Å². The van der Waals surface area contributed by atoms with Crippen LogP contribution in [0.2, 0.25) is 0 Å². The molecule has 1 atom stereocenters. The van der Waals surface area contributed by atoms with Crippen LogP contribution in [0.1, 0.15) is 6.42 Å². The first-order valence-corrected chi connectivity index (χ1v) is 3.84. The highest BCUT2D eigenvalue weighted by molar-refractivity contribution is 5.20. The molecule has 0 saturated carbocycles. The highest BCUT2D eigenvalue weighted by Crippen LogP contribution is 2.16. The Morgan fingerprint density at radius 3 is 3.08 bits per heavy atom. The van der Waals surface area contributed by atoms with Gasteiger partial charge < -0.3 is 9.84 Å². The lowest BCUT2D eigenvalue weighted by Crippen LogP contribution is -1.96. The molecule has 0 aliphatic heterocycles. The fraction of sp³-hybridized carbons (Fsp3) is 0.300. The van der Waals surface area contributed by atoms with Gasteiger partial charge in [0.15, 0.2) is 0 Å². The van der Waals surface area contributed by atoms with Crippen molar-refractivity contribution in [2.75, 3.05) is 7.11 Å². The van der Waals surface area contributed by atoms with Gasteiger partial charge in [-0.1, -0.05) is 11.8 Å². The molecule has 1 N–H and O–H groups in total. The maximum atomic E-state index is 8.36. The summed E-state index contributed by atoms with van der Waals surface area (Å²) in [4.78, 5) is 0. The standard InChI is InChI=1S/C10H12O2/c1-12-10-6-4-9(5-7-10)3-2-8-11/h3-4,6-9,11H,5H2,1H3. The lowest BCUT2D eigenvalue weighted by Gasteiger charge is -2.10. The Morgan fingerprint density at radius 1 is 1.75 bits per heavy atom. The molecular weight excluding hydrogens is 152 g/mol. The molecule has 2 heteroatoms. The molecule has 0 aromatic rings. The molecular formula is C10H12O2. The van der Waals surface area contributed by atoms with Gasteiger partial charge in [0.25, 0.3) is 0 Å². The highest BCUT2D eigenvalue weighted by atomic mass is 16.5. The van der Waals surface area contributed by atoms with E-state index in [-0.39, 0.29) is 0 Å². The van der Waals surface area contributed by atoms with E-state index in [1.165, 1.54) is 0 Å². The number of ether oxygens (including phenoxy) is 1. The molecule has 2 nitrogen and oxygen atoms in total. The van der Waals surface area contributed by atoms with Crippen molar-refractivity contribution < 1.29 is 9.84 Å². The van der Waals surface area contributed by atoms with Crippen LogP contribution in [0, 0.1) is 5.92 Å². The van der Waals surface area contributed by atoms with E-state index in [9.17, 15) is 0 Å². The van der Waals surface area contributed by atoms with Crippen molar-refractivity contribution in [1.82, 2.24) is 0 Å². The second-order valence-corrected chi connectivity index (χ2v) is 2.53. The smallest absolute Gasteiger partial charge is 0.121 e. The van der Waals surface area contributed by atoms with Crippen LogP contribution in [-0.4, -0.2) is 12.2 Å². The lowest BCUT2D eigenvalue weighted by molar-refractivity contribution is 0.302. The second-order valence-electron chi connectivity index (χ2n) is 2.53. The third-order valence-electron chi connectivity index (χ3n) is 1.72. The summed E-state index contributed by atoms with van der Waals surface area (Å²) >= 11 is 0. The van der Waals surface area contributed by atoms with E-state index in [1.54, 1.807) is 7.11 Å². The van der Waals surface area contributed by atoms with Crippen molar-refractivity contribution in [3.63, 3.8) is 0 Å². The molecule has 1 aliphatic carbocycles. The Morgan fingerprint density at radius 2 is 2.58 bits per heavy atom. The normalized spacial score (nSPS) is 20.8. The van der Waals surface area contributed by atoms with Gasteiger partial charge in [0.1, 0.15) is 12.0 Å². The van der Waals surface area contributed by atoms with Crippen molar-refractivity contribution in [2.45, 2.75) is 6.42 Å². The molecule has 0 aromatic carbocycles. The Kier molecular flexibility index (Phi) is 3.24. The monoisotopic (exact) mass is 164 g/mol. The number of methoxy groups -OCH3 is 1. The Balaban J connectivity index is 2.54. The van der Waals surface area contributed by atoms with E-state index in [1.807, 2.05) is 24.3 Å². The maximum absolute atomic E-state index is 8.36. The van der Waals surface area contributed by atoms with Crippen LogP contribution in [0.15, 0.2) is 42.1 Å². The third-order valence-corrected chi connectivity index (χ3v) is 1.72. The minimum absolute atomic E-state index is 0.326. The molecule has 0 aromatic heterocycles. The van der Waals surface area contributed by atoms with Gasteiger partial charge in [-0.2, -0.15) is 0 Å². The van der Waals surface area contributed by atoms with Gasteiger partial charge >= 0.3 is 0 Å². The van der Waals surface area contributed by atoms with Crippen molar-refractivity contribution in [3.8, 4) is 0 Å². The molecule has 0 amide bonds. The van der Waals surface area contributed by atoms with Crippen molar-refractivity contribution in [3.05, 3.63) is 42.1 Å². The van der Waals surface area contributed by atoms with Gasteiger partial charge in [0.05, 0.1) is 7.11 Å². The Bertz CT molecular complexity index is 255. The van der Waals surface area contributed by atoms with Gasteiger partial charge in [0, 0.05) is 5.92 Å². The first kappa shape index (κ1) is 8.69. The van der Waals surface area contributed by atoms with Crippen LogP contribution in [0.25, 0.3) is 0 Å². The summed E-state index contributed by atoms with van der Waals surface area (Å²) in [5.74, 6) is 1.22. The van der Waals surface area contributed by atoms with E-state index in [4.69, 9.17) is 9.84 Å². The average Bonchev–Trinajstić information content (AvgIpc) is 2.15. The summed E-state index contributed by atoms with van der Waals surface area (Å²) in [5, 5.41) is 8.36. The number of hydrogen-bond donors (Lipinski definition) is 1. The molecule has 0 spiro atoms. The number of hydrogen-bond acceptors (Lipinski definition) is 2. The predicted octanol–water partition coefficient (Wildman–Crippen LogP) is 2.32. The van der Waals surface area contributed by atoms with Gasteiger partial charge in [-0.05, 0) is 24.6 Å². The molecule has 0 radical (unpaired) electrons. The van der Waals surface area contributed by atoms with E-state index < -0.39 is 0 Å². The van der Waals surface area contributed by atoms with Crippen LogP contribution < -0.4 is 0 Å². The average molecular weight is 164 g/mol. The highest BCUT2D eigenvalue weighted by Gasteiger charge is 2.04. The van der Waals surface area contributed by atoms with Gasteiger partial charge in [0.2, 0.25) is 0 Å². The van der Waals surface area contributed by atoms with E-state index in [2.05, 4.69) is 5.73 Å². The van der Waals surface area contributed by atoms with Gasteiger partial charge in [-0.3, -0.25) is 0 Å². The summed E-state index contributed by atoms with van der Waals surface area (Å²) in [6, 6.07) is 0. The van der Waals surface area contributed by atoms with Crippen molar-refractivity contribution >= 4 is 0 Å². The second kappa shape index (κ2) is 4.47. The molecule has 0 fully saturated rings. The molecule has 64 valence electrons. The molecule has 1 rings (SSSR count). The summed E-state index contributed by atoms with van der Waals surface area (Å²) in [7, 11) is 1.65. The molecule has 0 heterocycles. The van der Waals surface area contributed by atoms with Crippen molar-refractivity contribution in [1.29, 1.82) is 0 Å². The maximum Gasteiger partial charge on any atom is 0.121 e. The molecule has 1 unspecified atom stereocenters. The van der Waals surface area contributed by atoms with Crippen LogP contribution in [0.3, 0.4) is 0 Å². The van der Waals surface area contributed by atoms with E-state index in [0.29, 0.717) is 5.92 Å². The number of aliphatic hydroxyl groups is 1.